The molecule has 0 radical (unpaired) electrons. The molecular weight excluding hydrogens is 904 g/mol. The summed E-state index contributed by atoms with van der Waals surface area (Å²) in [5.74, 6) is 3.88. The van der Waals surface area contributed by atoms with Gasteiger partial charge in [-0.15, -0.1) is 11.6 Å². The largest absolute Gasteiger partial charge is 0.504 e. The van der Waals surface area contributed by atoms with E-state index in [4.69, 9.17) is 51.9 Å². The third kappa shape index (κ3) is 15.2. The number of phenolic OH excluding ortho intramolecular Hbond substituents is 1. The number of aromatic nitrogens is 4. The molecule has 0 unspecified atom stereocenters. The fourth-order valence-electron chi connectivity index (χ4n) is 7.74. The Morgan fingerprint density at radius 3 is 1.45 bits per heavy atom. The van der Waals surface area contributed by atoms with Crippen LogP contribution in [0.2, 0.25) is 0 Å². The zero-order valence-electron chi connectivity index (χ0n) is 40.1. The van der Waals surface area contributed by atoms with Crippen molar-refractivity contribution in [3.8, 4) is 57.0 Å². The molecule has 0 spiro atoms. The van der Waals surface area contributed by atoms with Crippen LogP contribution in [0.4, 0.5) is 11.9 Å². The molecule has 0 aliphatic carbocycles. The molecule has 2 saturated heterocycles. The molecule has 4 heterocycles. The lowest BCUT2D eigenvalue weighted by Crippen LogP contribution is -2.45. The number of aromatic hydroxyl groups is 1. The number of aliphatic hydroxyl groups is 2. The Balaban J connectivity index is 0.000000211. The summed E-state index contributed by atoms with van der Waals surface area (Å²) in [6.45, 7) is 16.6. The molecular formula is C50H67ClN10O8. The standard InChI is InChI=1S/C25H33N5O4.C23H29N5O3.C2H5ClO/c1-3-32-22-7-4-18(16-23(22)34-15-13-31)24-20-17-19(5-6-21(20)27-25(26)28-24)33-14-12-30-10-8-29(2)9-11-30;1-3-30-21-7-4-16(14-20(21)29)22-18-15-17(5-6-19(18)25-23(24)26-22)31-13-12-28-10-8-27(2)9-11-28;3-1-2-4/h4-7,16-17,31H,3,8-15H2,1-2H3,(H2,26,27,28);4-7,14-15,29H,3,8-13H2,1-2H3,(H2,24,25,26);4H,1-2H2. The number of hydrogen-bond donors (Lipinski definition) is 5. The number of halogens is 1. The van der Waals surface area contributed by atoms with Crippen LogP contribution in [0.1, 0.15) is 13.8 Å². The number of nitrogens with zero attached hydrogens (tertiary/aromatic N) is 8. The Bertz CT molecular complexity index is 2540. The monoisotopic (exact) mass is 970 g/mol. The minimum atomic E-state index is -0.0893. The van der Waals surface area contributed by atoms with Crippen molar-refractivity contribution in [3.63, 3.8) is 0 Å². The van der Waals surface area contributed by atoms with E-state index < -0.39 is 0 Å². The van der Waals surface area contributed by atoms with E-state index >= 15 is 0 Å². The molecule has 6 aromatic rings. The van der Waals surface area contributed by atoms with Gasteiger partial charge in [-0.1, -0.05) is 0 Å². The highest BCUT2D eigenvalue weighted by Gasteiger charge is 2.18. The molecule has 2 aliphatic rings. The first-order chi connectivity index (χ1) is 33.5. The molecule has 4 aromatic carbocycles. The van der Waals surface area contributed by atoms with E-state index in [1.165, 1.54) is 0 Å². The highest BCUT2D eigenvalue weighted by molar-refractivity contribution is 6.17. The molecule has 8 rings (SSSR count). The van der Waals surface area contributed by atoms with Crippen LogP contribution in [-0.4, -0.2) is 187 Å². The van der Waals surface area contributed by atoms with Crippen LogP contribution < -0.4 is 35.2 Å². The van der Waals surface area contributed by atoms with Crippen molar-refractivity contribution in [2.24, 2.45) is 0 Å². The van der Waals surface area contributed by atoms with E-state index in [9.17, 15) is 10.2 Å². The summed E-state index contributed by atoms with van der Waals surface area (Å²) in [5, 5.41) is 28.9. The number of nitrogen functional groups attached to an aromatic ring is 2. The number of nitrogens with two attached hydrogens (primary N) is 2. The van der Waals surface area contributed by atoms with Crippen LogP contribution in [0.15, 0.2) is 72.8 Å². The first kappa shape index (κ1) is 52.4. The van der Waals surface area contributed by atoms with Crippen LogP contribution in [0.25, 0.3) is 44.3 Å². The number of aliphatic hydroxyl groups excluding tert-OH is 2. The van der Waals surface area contributed by atoms with Crippen LogP contribution in [-0.2, 0) is 0 Å². The van der Waals surface area contributed by atoms with Gasteiger partial charge in [-0.3, -0.25) is 9.80 Å². The van der Waals surface area contributed by atoms with Crippen molar-refractivity contribution < 1.29 is 39.0 Å². The van der Waals surface area contributed by atoms with Gasteiger partial charge in [0.05, 0.1) is 48.8 Å². The second-order valence-electron chi connectivity index (χ2n) is 16.4. The average Bonchev–Trinajstić information content (AvgIpc) is 3.35. The van der Waals surface area contributed by atoms with Crippen LogP contribution >= 0.6 is 11.6 Å². The summed E-state index contributed by atoms with van der Waals surface area (Å²) in [6.07, 6.45) is 0. The smallest absolute Gasteiger partial charge is 0.221 e. The predicted molar refractivity (Wildman–Crippen MR) is 272 cm³/mol. The molecule has 0 atom stereocenters. The van der Waals surface area contributed by atoms with Gasteiger partial charge in [-0.05, 0) is 101 Å². The first-order valence-electron chi connectivity index (χ1n) is 23.4. The molecule has 2 aromatic heterocycles. The number of phenols is 1. The van der Waals surface area contributed by atoms with Gasteiger partial charge in [-0.25, -0.2) is 19.9 Å². The average molecular weight is 972 g/mol. The molecule has 0 amide bonds. The topological polar surface area (TPSA) is 223 Å². The number of piperazine rings is 2. The second kappa shape index (κ2) is 26.7. The Kier molecular flexibility index (Phi) is 20.3. The fraction of sp³-hybridized carbons (Fsp3) is 0.440. The van der Waals surface area contributed by atoms with Crippen molar-refractivity contribution in [1.29, 1.82) is 0 Å². The molecule has 19 heteroatoms. The first-order valence-corrected chi connectivity index (χ1v) is 23.9. The number of rotatable bonds is 18. The lowest BCUT2D eigenvalue weighted by atomic mass is 10.1. The minimum Gasteiger partial charge on any atom is -0.504 e. The molecule has 2 fully saturated rings. The number of anilines is 2. The number of benzene rings is 4. The van der Waals surface area contributed by atoms with Crippen molar-refractivity contribution in [3.05, 3.63) is 72.8 Å². The Morgan fingerprint density at radius 1 is 0.536 bits per heavy atom. The van der Waals surface area contributed by atoms with Crippen molar-refractivity contribution in [2.75, 3.05) is 143 Å². The van der Waals surface area contributed by atoms with Gasteiger partial charge in [0.1, 0.15) is 31.3 Å². The summed E-state index contributed by atoms with van der Waals surface area (Å²) in [5.41, 5.74) is 16.3. The molecule has 7 N–H and O–H groups in total. The van der Waals surface area contributed by atoms with Crippen molar-refractivity contribution >= 4 is 45.3 Å². The predicted octanol–water partition coefficient (Wildman–Crippen LogP) is 5.10. The molecule has 18 nitrogen and oxygen atoms in total. The highest BCUT2D eigenvalue weighted by atomic mass is 35.5. The van der Waals surface area contributed by atoms with Gasteiger partial charge < -0.3 is 60.3 Å². The van der Waals surface area contributed by atoms with Crippen molar-refractivity contribution in [2.45, 2.75) is 13.8 Å². The maximum atomic E-state index is 10.3. The highest BCUT2D eigenvalue weighted by Crippen LogP contribution is 2.37. The summed E-state index contributed by atoms with van der Waals surface area (Å²) in [7, 11) is 4.31. The molecule has 0 saturated carbocycles. The Morgan fingerprint density at radius 2 is 1.00 bits per heavy atom. The van der Waals surface area contributed by atoms with Gasteiger partial charge >= 0.3 is 0 Å². The third-order valence-electron chi connectivity index (χ3n) is 11.4. The molecule has 0 bridgehead atoms. The number of fused-ring (bicyclic) bond motifs is 2. The van der Waals surface area contributed by atoms with E-state index in [0.29, 0.717) is 60.9 Å². The lowest BCUT2D eigenvalue weighted by molar-refractivity contribution is 0.134. The summed E-state index contributed by atoms with van der Waals surface area (Å²) in [6, 6.07) is 22.3. The number of likely N-dealkylation sites (N-methyl/N-ethyl adjacent to an activating group) is 2. The zero-order valence-corrected chi connectivity index (χ0v) is 40.9. The van der Waals surface area contributed by atoms with Gasteiger partial charge in [0.2, 0.25) is 11.9 Å². The van der Waals surface area contributed by atoms with Crippen molar-refractivity contribution in [1.82, 2.24) is 39.5 Å². The second-order valence-corrected chi connectivity index (χ2v) is 16.8. The van der Waals surface area contributed by atoms with E-state index in [2.05, 4.69) is 53.6 Å². The zero-order chi connectivity index (χ0) is 49.1. The fourth-order valence-corrected chi connectivity index (χ4v) is 7.74. The Hall–Kier alpha value is -5.99. The van der Waals surface area contributed by atoms with E-state index in [0.717, 1.165) is 110 Å². The molecule has 69 heavy (non-hydrogen) atoms. The summed E-state index contributed by atoms with van der Waals surface area (Å²) in [4.78, 5) is 27.2. The number of hydrogen-bond acceptors (Lipinski definition) is 18. The van der Waals surface area contributed by atoms with Gasteiger partial charge in [0.25, 0.3) is 0 Å². The van der Waals surface area contributed by atoms with E-state index in [-0.39, 0.29) is 37.5 Å². The number of ether oxygens (including phenoxy) is 5. The molecule has 372 valence electrons. The maximum Gasteiger partial charge on any atom is 0.221 e. The van der Waals surface area contributed by atoms with Crippen LogP contribution in [0.3, 0.4) is 0 Å². The quantitative estimate of drug-likeness (QED) is 0.0707. The van der Waals surface area contributed by atoms with E-state index in [1.54, 1.807) is 12.1 Å². The summed E-state index contributed by atoms with van der Waals surface area (Å²) >= 11 is 4.94. The minimum absolute atomic E-state index is 0.0595. The van der Waals surface area contributed by atoms with Crippen LogP contribution in [0.5, 0.6) is 34.5 Å². The lowest BCUT2D eigenvalue weighted by Gasteiger charge is -2.32. The van der Waals surface area contributed by atoms with Gasteiger partial charge in [0, 0.05) is 93.2 Å². The molecule has 2 aliphatic heterocycles. The SMILES string of the molecule is CCOc1ccc(-c2nc(N)nc3ccc(OCCN4CCN(C)CC4)cc23)cc1O.CCOc1ccc(-c2nc(N)nc3ccc(OCCN4CCN(C)CC4)cc23)cc1OCCO.OCCCl. The maximum absolute atomic E-state index is 10.3. The summed E-state index contributed by atoms with van der Waals surface area (Å²) < 4.78 is 28.9. The normalized spacial score (nSPS) is 14.7. The van der Waals surface area contributed by atoms with Gasteiger partial charge in [-0.2, -0.15) is 0 Å². The number of alkyl halides is 1. The third-order valence-corrected chi connectivity index (χ3v) is 11.6. The van der Waals surface area contributed by atoms with Crippen LogP contribution in [0, 0.1) is 0 Å². The van der Waals surface area contributed by atoms with Gasteiger partial charge in [0.15, 0.2) is 23.0 Å². The van der Waals surface area contributed by atoms with E-state index in [1.807, 2.05) is 74.5 Å². The Labute approximate surface area is 409 Å².